The highest BCUT2D eigenvalue weighted by Gasteiger charge is 2.51. The van der Waals surface area contributed by atoms with Crippen LogP contribution in [0.4, 0.5) is 10.3 Å². The summed E-state index contributed by atoms with van der Waals surface area (Å²) in [5.41, 5.74) is 0.285. The maximum absolute atomic E-state index is 8.60. The van der Waals surface area contributed by atoms with Crippen LogP contribution in [0.1, 0.15) is 38.5 Å². The fourth-order valence-corrected chi connectivity index (χ4v) is 5.94. The zero-order chi connectivity index (χ0) is 19.8. The Bertz CT molecular complexity index is 640. The fraction of sp³-hybridized carbons (Fsp3) is 0.800. The van der Waals surface area contributed by atoms with E-state index in [9.17, 15) is 0 Å². The van der Waals surface area contributed by atoms with Gasteiger partial charge in [-0.25, -0.2) is 0 Å². The predicted molar refractivity (Wildman–Crippen MR) is 96.6 cm³/mol. The Kier molecular flexibility index (Phi) is 6.11. The molecule has 0 amide bonds. The van der Waals surface area contributed by atoms with Crippen LogP contribution in [-0.4, -0.2) is 44.5 Å². The van der Waals surface area contributed by atoms with Crippen molar-refractivity contribution in [2.24, 2.45) is 17.8 Å². The van der Waals surface area contributed by atoms with E-state index in [1.54, 1.807) is 11.3 Å². The van der Waals surface area contributed by atoms with Crippen molar-refractivity contribution in [3.63, 3.8) is 0 Å². The van der Waals surface area contributed by atoms with Crippen LogP contribution >= 0.6 is 23.6 Å². The number of halogens is 1. The first-order valence-electron chi connectivity index (χ1n) is 8.74. The van der Waals surface area contributed by atoms with Gasteiger partial charge in [0.25, 0.3) is 0 Å². The summed E-state index contributed by atoms with van der Waals surface area (Å²) in [6.45, 7) is 0. The maximum Gasteiger partial charge on any atom is 0.213 e. The van der Waals surface area contributed by atoms with Crippen LogP contribution in [0.15, 0.2) is 0 Å². The van der Waals surface area contributed by atoms with Gasteiger partial charge in [0, 0.05) is 19.6 Å². The minimum absolute atomic E-state index is 0.285. The van der Waals surface area contributed by atoms with Crippen LogP contribution in [0, 0.1) is 28.0 Å². The molecule has 0 spiro atoms. The molecule has 152 valence electrons. The largest absolute Gasteiger partial charge is 0.355 e. The van der Waals surface area contributed by atoms with Crippen LogP contribution in [0.2, 0.25) is 0 Å². The monoisotopic (exact) mass is 437 g/mol. The summed E-state index contributed by atoms with van der Waals surface area (Å²) >= 11 is 6.82. The number of aromatic nitrogens is 2. The third kappa shape index (κ3) is 5.83. The average molecular weight is 438 g/mol. The number of rotatable bonds is 3. The third-order valence-corrected chi connectivity index (χ3v) is 6.68. The van der Waals surface area contributed by atoms with E-state index in [2.05, 4.69) is 20.8 Å². The molecule has 12 heteroatoms. The molecule has 1 heterocycles. The summed E-state index contributed by atoms with van der Waals surface area (Å²) < 4.78 is 32.7. The van der Waals surface area contributed by atoms with E-state index in [-0.39, 0.29) is 5.54 Å². The molecule has 0 radical (unpaired) electrons. The van der Waals surface area contributed by atoms with E-state index in [1.807, 2.05) is 19.0 Å². The first kappa shape index (κ1) is 20.9. The number of thiocarbonyl (C=S) groups is 1. The van der Waals surface area contributed by atoms with Crippen molar-refractivity contribution in [1.29, 1.82) is 0 Å². The Labute approximate surface area is 169 Å². The topological polar surface area (TPSA) is 142 Å². The van der Waals surface area contributed by atoms with Crippen LogP contribution in [0.3, 0.4) is 0 Å². The maximum atomic E-state index is 8.60. The zero-order valence-corrected chi connectivity index (χ0v) is 17.6. The van der Waals surface area contributed by atoms with E-state index < -0.39 is 10.2 Å². The normalized spacial score (nSPS) is 31.1. The summed E-state index contributed by atoms with van der Waals surface area (Å²) in [7, 11) is -0.851. The molecule has 3 N–H and O–H groups in total. The van der Waals surface area contributed by atoms with Crippen molar-refractivity contribution in [2.75, 3.05) is 24.7 Å². The number of nitrogens with zero attached hydrogens (tertiary/aromatic N) is 3. The first-order chi connectivity index (χ1) is 12.5. The highest BCUT2D eigenvalue weighted by atomic mass is 35.7. The Morgan fingerprint density at radius 2 is 1.56 bits per heavy atom. The van der Waals surface area contributed by atoms with Gasteiger partial charge in [-0.1, -0.05) is 11.3 Å². The lowest BCUT2D eigenvalue weighted by atomic mass is 9.53. The molecule has 4 fully saturated rings. The summed E-state index contributed by atoms with van der Waals surface area (Å²) in [5.74, 6) is 2.81. The van der Waals surface area contributed by atoms with Gasteiger partial charge in [-0.2, -0.15) is 14.0 Å². The minimum atomic E-state index is -4.69. The molecule has 0 atom stereocenters. The highest BCUT2D eigenvalue weighted by molar-refractivity contribution is 7.80. The lowest BCUT2D eigenvalue weighted by Crippen LogP contribution is -2.58. The zero-order valence-electron chi connectivity index (χ0n) is 15.2. The Balaban J connectivity index is 0.000000376. The molecule has 1 aromatic rings. The second-order valence-electron chi connectivity index (χ2n) is 7.96. The van der Waals surface area contributed by atoms with Gasteiger partial charge in [0.1, 0.15) is 0 Å². The van der Waals surface area contributed by atoms with Crippen LogP contribution in [0.25, 0.3) is 0 Å². The van der Waals surface area contributed by atoms with Gasteiger partial charge in [0.15, 0.2) is 5.11 Å². The summed E-state index contributed by atoms with van der Waals surface area (Å²) in [5, 5.41) is 17.8. The lowest BCUT2D eigenvalue weighted by molar-refractivity contribution is -1.92. The van der Waals surface area contributed by atoms with Crippen LogP contribution in [0.5, 0.6) is 0 Å². The summed E-state index contributed by atoms with van der Waals surface area (Å²) in [4.78, 5) is 1.86. The van der Waals surface area contributed by atoms with Crippen molar-refractivity contribution < 1.29 is 28.9 Å². The molecule has 0 unspecified atom stereocenters. The number of nitrogens with one attached hydrogen (secondary N) is 2. The Hall–Kier alpha value is -0.820. The van der Waals surface area contributed by atoms with Crippen molar-refractivity contribution in [1.82, 2.24) is 15.1 Å². The van der Waals surface area contributed by atoms with Gasteiger partial charge in [0.2, 0.25) is 10.3 Å². The number of hydrogen-bond acceptors (Lipinski definition) is 9. The SMILES string of the molecule is CN(C)C(=S)Nc1nnc(NC23CC4CC(CC(C4)C2)C3)s1.[O-][Cl+3]([O-])([O-])O. The smallest absolute Gasteiger partial charge is 0.213 e. The van der Waals surface area contributed by atoms with Gasteiger partial charge in [-0.15, -0.1) is 10.2 Å². The number of anilines is 2. The molecule has 0 aromatic carbocycles. The Morgan fingerprint density at radius 1 is 1.11 bits per heavy atom. The van der Waals surface area contributed by atoms with Gasteiger partial charge >= 0.3 is 0 Å². The van der Waals surface area contributed by atoms with E-state index in [1.165, 1.54) is 38.5 Å². The summed E-state index contributed by atoms with van der Waals surface area (Å²) in [6.07, 6.45) is 8.33. The quantitative estimate of drug-likeness (QED) is 0.506. The standard InChI is InChI=1S/C15H23N5S2.ClHO4/c1-20(2)14(21)16-12-18-19-13(22-12)17-15-6-9-3-10(7-15)5-11(4-9)8-15;2-1(3,4)5/h9-11H,3-8H2,1-2H3,(H,17,19)(H,16,18,21);(H,2,3,4,5). The van der Waals surface area contributed by atoms with Crippen molar-refractivity contribution in [3.8, 4) is 0 Å². The third-order valence-electron chi connectivity index (χ3n) is 5.46. The Morgan fingerprint density at radius 3 is 2.00 bits per heavy atom. The molecule has 4 bridgehead atoms. The van der Waals surface area contributed by atoms with Crippen molar-refractivity contribution in [2.45, 2.75) is 44.1 Å². The second kappa shape index (κ2) is 7.90. The molecule has 1 aromatic heterocycles. The molecule has 4 saturated carbocycles. The molecule has 9 nitrogen and oxygen atoms in total. The van der Waals surface area contributed by atoms with Gasteiger partial charge in [-0.3, -0.25) is 0 Å². The summed E-state index contributed by atoms with van der Waals surface area (Å²) in [6, 6.07) is 0. The van der Waals surface area contributed by atoms with Crippen molar-refractivity contribution >= 4 is 38.9 Å². The minimum Gasteiger partial charge on any atom is -0.355 e. The van der Waals surface area contributed by atoms with Crippen molar-refractivity contribution in [3.05, 3.63) is 0 Å². The van der Waals surface area contributed by atoms with E-state index in [0.29, 0.717) is 5.11 Å². The lowest BCUT2D eigenvalue weighted by Gasteiger charge is -2.56. The molecule has 4 aliphatic rings. The molecular weight excluding hydrogens is 414 g/mol. The first-order valence-corrected chi connectivity index (χ1v) is 11.2. The number of hydrogen-bond donors (Lipinski definition) is 3. The molecule has 27 heavy (non-hydrogen) atoms. The molecule has 0 aliphatic heterocycles. The van der Waals surface area contributed by atoms with Gasteiger partial charge in [0.05, 0.1) is 14.9 Å². The van der Waals surface area contributed by atoms with E-state index >= 15 is 0 Å². The fourth-order valence-electron chi connectivity index (χ4n) is 5.02. The molecular formula is C15H24ClN5O4S2. The molecule has 4 aliphatic carbocycles. The molecule has 5 rings (SSSR count). The highest BCUT2D eigenvalue weighted by Crippen LogP contribution is 2.56. The van der Waals surface area contributed by atoms with Crippen LogP contribution in [-0.2, 0) is 0 Å². The van der Waals surface area contributed by atoms with E-state index in [0.717, 1.165) is 28.0 Å². The average Bonchev–Trinajstić information content (AvgIpc) is 2.90. The van der Waals surface area contributed by atoms with E-state index in [4.69, 9.17) is 30.9 Å². The second-order valence-corrected chi connectivity index (χ2v) is 10.1. The van der Waals surface area contributed by atoms with Gasteiger partial charge < -0.3 is 15.5 Å². The van der Waals surface area contributed by atoms with Crippen LogP contribution < -0.4 is 24.6 Å². The van der Waals surface area contributed by atoms with Gasteiger partial charge in [-0.05, 0) is 68.5 Å². The molecule has 0 saturated heterocycles. The predicted octanol–water partition coefficient (Wildman–Crippen LogP) is -0.947.